The number of carbonyl (C=O) groups excluding carboxylic acids is 1. The summed E-state index contributed by atoms with van der Waals surface area (Å²) in [4.78, 5) is 12.0. The summed E-state index contributed by atoms with van der Waals surface area (Å²) in [5.74, 6) is -0.474. The molecule has 1 aromatic heterocycles. The number of halogens is 1. The van der Waals surface area contributed by atoms with E-state index in [1.807, 2.05) is 0 Å². The van der Waals surface area contributed by atoms with Gasteiger partial charge in [-0.2, -0.15) is 0 Å². The van der Waals surface area contributed by atoms with Crippen molar-refractivity contribution < 1.29 is 27.1 Å². The Balaban J connectivity index is 0.00000364. The molecule has 0 aliphatic carbocycles. The van der Waals surface area contributed by atoms with E-state index in [2.05, 4.69) is 10.0 Å². The summed E-state index contributed by atoms with van der Waals surface area (Å²) in [6.45, 7) is 5.58. The highest BCUT2D eigenvalue weighted by atomic mass is 35.5. The van der Waals surface area contributed by atoms with E-state index in [-0.39, 0.29) is 36.2 Å². The van der Waals surface area contributed by atoms with Gasteiger partial charge in [0, 0.05) is 37.7 Å². The number of fused-ring (bicyclic) bond motifs is 1. The van der Waals surface area contributed by atoms with Gasteiger partial charge in [0.2, 0.25) is 15.8 Å². The number of rotatable bonds is 10. The molecule has 1 heterocycles. The number of sulfonamides is 1. The van der Waals surface area contributed by atoms with Crippen molar-refractivity contribution in [2.75, 3.05) is 40.0 Å². The van der Waals surface area contributed by atoms with Gasteiger partial charge in [-0.05, 0) is 32.0 Å². The van der Waals surface area contributed by atoms with Crippen molar-refractivity contribution in [1.29, 1.82) is 0 Å². The summed E-state index contributed by atoms with van der Waals surface area (Å²) < 4.78 is 42.8. The van der Waals surface area contributed by atoms with Crippen LogP contribution in [0.2, 0.25) is 0 Å². The largest absolute Gasteiger partial charge is 0.460 e. The van der Waals surface area contributed by atoms with Gasteiger partial charge in [-0.25, -0.2) is 17.9 Å². The molecule has 0 aliphatic rings. The summed E-state index contributed by atoms with van der Waals surface area (Å²) >= 11 is 0. The lowest BCUT2D eigenvalue weighted by atomic mass is 10.1. The number of hydrogen-bond acceptors (Lipinski definition) is 7. The second kappa shape index (κ2) is 10.6. The Morgan fingerprint density at radius 2 is 1.96 bits per heavy atom. The number of methoxy groups -OCH3 is 1. The summed E-state index contributed by atoms with van der Waals surface area (Å²) in [6, 6.07) is 4.48. The van der Waals surface area contributed by atoms with Crippen LogP contribution in [0.3, 0.4) is 0 Å². The minimum atomic E-state index is -3.66. The number of nitrogens with one attached hydrogen (secondary N) is 2. The minimum Gasteiger partial charge on any atom is -0.460 e. The third kappa shape index (κ3) is 5.91. The molecule has 0 aliphatic heterocycles. The van der Waals surface area contributed by atoms with Crippen LogP contribution in [-0.4, -0.2) is 54.3 Å². The van der Waals surface area contributed by atoms with Gasteiger partial charge in [-0.1, -0.05) is 0 Å². The Bertz CT molecular complexity index is 866. The van der Waals surface area contributed by atoms with Gasteiger partial charge < -0.3 is 19.2 Å². The van der Waals surface area contributed by atoms with Crippen LogP contribution in [-0.2, 0) is 19.5 Å². The van der Waals surface area contributed by atoms with Crippen LogP contribution in [0.25, 0.3) is 11.0 Å². The van der Waals surface area contributed by atoms with E-state index in [4.69, 9.17) is 13.9 Å². The molecule has 2 aromatic rings. The number of furan rings is 1. The molecule has 0 amide bonds. The smallest absolute Gasteiger partial charge is 0.374 e. The lowest BCUT2D eigenvalue weighted by Crippen LogP contribution is -2.33. The average molecular weight is 421 g/mol. The van der Waals surface area contributed by atoms with Crippen LogP contribution in [0.4, 0.5) is 0 Å². The van der Waals surface area contributed by atoms with E-state index in [0.29, 0.717) is 36.2 Å². The van der Waals surface area contributed by atoms with Gasteiger partial charge in [0.1, 0.15) is 5.58 Å². The van der Waals surface area contributed by atoms with Gasteiger partial charge in [0.05, 0.1) is 18.1 Å². The molecule has 27 heavy (non-hydrogen) atoms. The van der Waals surface area contributed by atoms with E-state index < -0.39 is 16.0 Å². The quantitative estimate of drug-likeness (QED) is 0.446. The van der Waals surface area contributed by atoms with Crippen LogP contribution < -0.4 is 10.0 Å². The van der Waals surface area contributed by atoms with Crippen LogP contribution in [0.15, 0.2) is 27.5 Å². The minimum absolute atomic E-state index is 0. The first-order chi connectivity index (χ1) is 12.4. The first-order valence-electron chi connectivity index (χ1n) is 8.30. The molecule has 0 saturated carbocycles. The van der Waals surface area contributed by atoms with Gasteiger partial charge in [0.25, 0.3) is 0 Å². The van der Waals surface area contributed by atoms with E-state index >= 15 is 0 Å². The molecule has 0 radical (unpaired) electrons. The summed E-state index contributed by atoms with van der Waals surface area (Å²) in [5.41, 5.74) is 0.988. The molecule has 0 unspecified atom stereocenters. The zero-order chi connectivity index (χ0) is 19.2. The van der Waals surface area contributed by atoms with E-state index in [9.17, 15) is 13.2 Å². The maximum atomic E-state index is 12.4. The molecule has 0 saturated heterocycles. The van der Waals surface area contributed by atoms with Crippen molar-refractivity contribution in [3.63, 3.8) is 0 Å². The number of carbonyl (C=O) groups is 1. The lowest BCUT2D eigenvalue weighted by molar-refractivity contribution is 0.0491. The third-order valence-electron chi connectivity index (χ3n) is 3.76. The van der Waals surface area contributed by atoms with E-state index in [0.717, 1.165) is 0 Å². The summed E-state index contributed by atoms with van der Waals surface area (Å²) in [5, 5.41) is 3.62. The first-order valence-corrected chi connectivity index (χ1v) is 9.78. The SMILES string of the molecule is CCOC(=O)c1oc2ccc(S(=O)(=O)NCCNCCOC)cc2c1C.Cl. The topological polar surface area (TPSA) is 107 Å². The van der Waals surface area contributed by atoms with Crippen LogP contribution in [0.1, 0.15) is 23.0 Å². The zero-order valence-electron chi connectivity index (χ0n) is 15.5. The molecule has 0 fully saturated rings. The monoisotopic (exact) mass is 420 g/mol. The van der Waals surface area contributed by atoms with Crippen LogP contribution in [0.5, 0.6) is 0 Å². The summed E-state index contributed by atoms with van der Waals surface area (Å²) in [6.07, 6.45) is 0. The normalized spacial score (nSPS) is 11.4. The number of esters is 1. The number of aryl methyl sites for hydroxylation is 1. The lowest BCUT2D eigenvalue weighted by Gasteiger charge is -2.08. The molecule has 2 rings (SSSR count). The first kappa shape index (κ1) is 23.4. The molecule has 0 spiro atoms. The molecule has 2 N–H and O–H groups in total. The Hall–Kier alpha value is -1.65. The highest BCUT2D eigenvalue weighted by molar-refractivity contribution is 7.89. The Morgan fingerprint density at radius 1 is 1.22 bits per heavy atom. The Labute approximate surface area is 165 Å². The standard InChI is InChI=1S/C17H24N2O6S.ClH/c1-4-24-17(20)16-12(2)14-11-13(5-6-15(14)25-16)26(21,22)19-8-7-18-9-10-23-3;/h5-6,11,18-19H,4,7-10H2,1-3H3;1H. The second-order valence-electron chi connectivity index (χ2n) is 5.58. The van der Waals surface area contributed by atoms with Gasteiger partial charge in [-0.3, -0.25) is 0 Å². The molecule has 0 bridgehead atoms. The predicted octanol–water partition coefficient (Wildman–Crippen LogP) is 1.85. The van der Waals surface area contributed by atoms with Gasteiger partial charge >= 0.3 is 5.97 Å². The molecular weight excluding hydrogens is 396 g/mol. The van der Waals surface area contributed by atoms with Crippen molar-refractivity contribution in [3.8, 4) is 0 Å². The predicted molar refractivity (Wildman–Crippen MR) is 104 cm³/mol. The fourth-order valence-electron chi connectivity index (χ4n) is 2.41. The molecule has 10 heteroatoms. The average Bonchev–Trinajstić information content (AvgIpc) is 2.95. The van der Waals surface area contributed by atoms with Crippen molar-refractivity contribution in [2.24, 2.45) is 0 Å². The highest BCUT2D eigenvalue weighted by Gasteiger charge is 2.21. The third-order valence-corrected chi connectivity index (χ3v) is 5.21. The molecule has 152 valence electrons. The van der Waals surface area contributed by atoms with Gasteiger partial charge in [-0.15, -0.1) is 12.4 Å². The second-order valence-corrected chi connectivity index (χ2v) is 7.34. The maximum absolute atomic E-state index is 12.4. The van der Waals surface area contributed by atoms with Crippen LogP contribution in [0, 0.1) is 6.92 Å². The zero-order valence-corrected chi connectivity index (χ0v) is 17.2. The molecular formula is C17H25ClN2O6S. The van der Waals surface area contributed by atoms with Crippen molar-refractivity contribution >= 4 is 39.4 Å². The molecule has 1 aromatic carbocycles. The number of benzene rings is 1. The van der Waals surface area contributed by atoms with Crippen LogP contribution >= 0.6 is 12.4 Å². The van der Waals surface area contributed by atoms with E-state index in [1.165, 1.54) is 18.2 Å². The van der Waals surface area contributed by atoms with Gasteiger partial charge in [0.15, 0.2) is 0 Å². The number of hydrogen-bond donors (Lipinski definition) is 2. The highest BCUT2D eigenvalue weighted by Crippen LogP contribution is 2.28. The fraction of sp³-hybridized carbons (Fsp3) is 0.471. The van der Waals surface area contributed by atoms with Crippen molar-refractivity contribution in [1.82, 2.24) is 10.0 Å². The van der Waals surface area contributed by atoms with E-state index in [1.54, 1.807) is 21.0 Å². The Morgan fingerprint density at radius 3 is 2.63 bits per heavy atom. The van der Waals surface area contributed by atoms with Crippen molar-refractivity contribution in [3.05, 3.63) is 29.5 Å². The molecule has 0 atom stereocenters. The molecule has 8 nitrogen and oxygen atoms in total. The Kier molecular flexibility index (Phi) is 9.20. The number of ether oxygens (including phenoxy) is 2. The maximum Gasteiger partial charge on any atom is 0.374 e. The van der Waals surface area contributed by atoms with Crippen molar-refractivity contribution in [2.45, 2.75) is 18.7 Å². The summed E-state index contributed by atoms with van der Waals surface area (Å²) in [7, 11) is -2.06. The fourth-order valence-corrected chi connectivity index (χ4v) is 3.47.